The maximum atomic E-state index is 12.7. The third kappa shape index (κ3) is 5.13. The molecule has 0 aliphatic carbocycles. The van der Waals surface area contributed by atoms with Crippen molar-refractivity contribution in [1.82, 2.24) is 4.90 Å². The largest absolute Gasteiger partial charge is 0.490 e. The molecule has 7 nitrogen and oxygen atoms in total. The first-order valence-electron chi connectivity index (χ1n) is 8.52. The van der Waals surface area contributed by atoms with Crippen LogP contribution in [0.4, 0.5) is 5.69 Å². The Morgan fingerprint density at radius 3 is 2.30 bits per heavy atom. The lowest BCUT2D eigenvalue weighted by atomic mass is 10.2. The third-order valence-electron chi connectivity index (χ3n) is 3.59. The Morgan fingerprint density at radius 1 is 1.00 bits per heavy atom. The molecule has 0 atom stereocenters. The standard InChI is InChI=1S/C19H24N2O5S/c1-5-25-17-11-10-16(13-18(17)26-6-2)27(23,24)20-15-9-7-8-14(12-15)19(22)21(3)4/h7-13,20H,5-6H2,1-4H3. The molecule has 2 aromatic carbocycles. The van der Waals surface area contributed by atoms with E-state index in [4.69, 9.17) is 9.47 Å². The minimum Gasteiger partial charge on any atom is -0.490 e. The number of nitrogens with zero attached hydrogens (tertiary/aromatic N) is 1. The number of sulfonamides is 1. The van der Waals surface area contributed by atoms with E-state index < -0.39 is 10.0 Å². The Hall–Kier alpha value is -2.74. The first kappa shape index (κ1) is 20.6. The summed E-state index contributed by atoms with van der Waals surface area (Å²) in [5.74, 6) is 0.631. The minimum absolute atomic E-state index is 0.0405. The molecule has 2 rings (SSSR count). The highest BCUT2D eigenvalue weighted by Crippen LogP contribution is 2.31. The zero-order valence-electron chi connectivity index (χ0n) is 15.9. The molecule has 0 radical (unpaired) electrons. The normalized spacial score (nSPS) is 11.0. The Labute approximate surface area is 160 Å². The molecule has 2 aromatic rings. The predicted octanol–water partition coefficient (Wildman–Crippen LogP) is 2.99. The number of carbonyl (C=O) groups is 1. The summed E-state index contributed by atoms with van der Waals surface area (Å²) >= 11 is 0. The summed E-state index contributed by atoms with van der Waals surface area (Å²) in [7, 11) is -0.592. The first-order valence-corrected chi connectivity index (χ1v) is 10.0. The number of benzene rings is 2. The number of hydrogen-bond acceptors (Lipinski definition) is 5. The number of nitrogens with one attached hydrogen (secondary N) is 1. The maximum Gasteiger partial charge on any atom is 0.262 e. The van der Waals surface area contributed by atoms with Gasteiger partial charge in [-0.15, -0.1) is 0 Å². The Morgan fingerprint density at radius 2 is 1.67 bits per heavy atom. The molecule has 0 fully saturated rings. The molecule has 0 aliphatic heterocycles. The average Bonchev–Trinajstić information content (AvgIpc) is 2.62. The lowest BCUT2D eigenvalue weighted by molar-refractivity contribution is 0.0827. The van der Waals surface area contributed by atoms with E-state index in [0.29, 0.717) is 36.0 Å². The topological polar surface area (TPSA) is 84.9 Å². The molecule has 0 spiro atoms. The van der Waals surface area contributed by atoms with Gasteiger partial charge in [0.05, 0.1) is 18.1 Å². The van der Waals surface area contributed by atoms with Gasteiger partial charge in [0.1, 0.15) is 0 Å². The molecule has 0 aliphatic rings. The summed E-state index contributed by atoms with van der Waals surface area (Å²) in [5.41, 5.74) is 0.691. The zero-order chi connectivity index (χ0) is 20.0. The van der Waals surface area contributed by atoms with Crippen molar-refractivity contribution in [2.75, 3.05) is 32.0 Å². The first-order chi connectivity index (χ1) is 12.8. The van der Waals surface area contributed by atoms with Crippen LogP contribution < -0.4 is 14.2 Å². The predicted molar refractivity (Wildman–Crippen MR) is 104 cm³/mol. The van der Waals surface area contributed by atoms with Crippen molar-refractivity contribution >= 4 is 21.6 Å². The minimum atomic E-state index is -3.86. The van der Waals surface area contributed by atoms with E-state index in [1.54, 1.807) is 38.4 Å². The quantitative estimate of drug-likeness (QED) is 0.746. The van der Waals surface area contributed by atoms with Crippen LogP contribution in [0.5, 0.6) is 11.5 Å². The lowest BCUT2D eigenvalue weighted by Gasteiger charge is -2.14. The molecule has 0 unspecified atom stereocenters. The van der Waals surface area contributed by atoms with Gasteiger partial charge >= 0.3 is 0 Å². The van der Waals surface area contributed by atoms with Gasteiger partial charge in [0, 0.05) is 31.4 Å². The summed E-state index contributed by atoms with van der Waals surface area (Å²) < 4.78 is 38.9. The third-order valence-corrected chi connectivity index (χ3v) is 4.97. The highest BCUT2D eigenvalue weighted by molar-refractivity contribution is 7.92. The van der Waals surface area contributed by atoms with Crippen LogP contribution >= 0.6 is 0 Å². The summed E-state index contributed by atoms with van der Waals surface area (Å²) in [6.45, 7) is 4.47. The van der Waals surface area contributed by atoms with E-state index in [1.165, 1.54) is 23.1 Å². The fourth-order valence-corrected chi connectivity index (χ4v) is 3.45. The molecule has 8 heteroatoms. The van der Waals surface area contributed by atoms with Crippen LogP contribution in [0.25, 0.3) is 0 Å². The van der Waals surface area contributed by atoms with Gasteiger partial charge in [-0.3, -0.25) is 9.52 Å². The van der Waals surface area contributed by atoms with Crippen LogP contribution in [0, 0.1) is 0 Å². The smallest absolute Gasteiger partial charge is 0.262 e. The SMILES string of the molecule is CCOc1ccc(S(=O)(=O)Nc2cccc(C(=O)N(C)C)c2)cc1OCC. The Balaban J connectivity index is 2.32. The molecule has 0 bridgehead atoms. The second kappa shape index (κ2) is 8.77. The van der Waals surface area contributed by atoms with Gasteiger partial charge in [0.2, 0.25) is 0 Å². The molecule has 1 N–H and O–H groups in total. The number of anilines is 1. The van der Waals surface area contributed by atoms with Gasteiger partial charge in [0.15, 0.2) is 11.5 Å². The van der Waals surface area contributed by atoms with Crippen LogP contribution in [0.2, 0.25) is 0 Å². The van der Waals surface area contributed by atoms with E-state index in [-0.39, 0.29) is 10.8 Å². The van der Waals surface area contributed by atoms with E-state index in [1.807, 2.05) is 13.8 Å². The fraction of sp³-hybridized carbons (Fsp3) is 0.316. The number of ether oxygens (including phenoxy) is 2. The summed E-state index contributed by atoms with van der Waals surface area (Å²) in [4.78, 5) is 13.5. The summed E-state index contributed by atoms with van der Waals surface area (Å²) in [6.07, 6.45) is 0. The van der Waals surface area contributed by atoms with Gasteiger partial charge in [-0.1, -0.05) is 6.07 Å². The molecular formula is C19H24N2O5S. The van der Waals surface area contributed by atoms with Crippen molar-refractivity contribution in [3.8, 4) is 11.5 Å². The monoisotopic (exact) mass is 392 g/mol. The summed E-state index contributed by atoms with van der Waals surface area (Å²) in [5, 5.41) is 0. The van der Waals surface area contributed by atoms with E-state index in [9.17, 15) is 13.2 Å². The van der Waals surface area contributed by atoms with Crippen molar-refractivity contribution in [3.63, 3.8) is 0 Å². The van der Waals surface area contributed by atoms with Crippen molar-refractivity contribution in [2.24, 2.45) is 0 Å². The molecular weight excluding hydrogens is 368 g/mol. The second-order valence-electron chi connectivity index (χ2n) is 5.86. The fourth-order valence-electron chi connectivity index (χ4n) is 2.39. The van der Waals surface area contributed by atoms with E-state index in [0.717, 1.165) is 0 Å². The molecule has 27 heavy (non-hydrogen) atoms. The molecule has 0 saturated carbocycles. The molecule has 0 saturated heterocycles. The summed E-state index contributed by atoms with van der Waals surface area (Å²) in [6, 6.07) is 10.8. The van der Waals surface area contributed by atoms with Crippen LogP contribution in [0.1, 0.15) is 24.2 Å². The van der Waals surface area contributed by atoms with Gasteiger partial charge in [-0.2, -0.15) is 0 Å². The van der Waals surface area contributed by atoms with E-state index >= 15 is 0 Å². The highest BCUT2D eigenvalue weighted by Gasteiger charge is 2.18. The van der Waals surface area contributed by atoms with Crippen LogP contribution in [0.3, 0.4) is 0 Å². The van der Waals surface area contributed by atoms with Gasteiger partial charge in [-0.25, -0.2) is 8.42 Å². The average molecular weight is 392 g/mol. The van der Waals surface area contributed by atoms with Gasteiger partial charge in [0.25, 0.3) is 15.9 Å². The molecule has 0 aromatic heterocycles. The number of rotatable bonds is 8. The van der Waals surface area contributed by atoms with Crippen molar-refractivity contribution in [1.29, 1.82) is 0 Å². The molecule has 0 heterocycles. The zero-order valence-corrected chi connectivity index (χ0v) is 16.7. The second-order valence-corrected chi connectivity index (χ2v) is 7.54. The van der Waals surface area contributed by atoms with Crippen LogP contribution in [-0.4, -0.2) is 46.5 Å². The van der Waals surface area contributed by atoms with Crippen molar-refractivity contribution in [2.45, 2.75) is 18.7 Å². The van der Waals surface area contributed by atoms with Crippen LogP contribution in [-0.2, 0) is 10.0 Å². The van der Waals surface area contributed by atoms with Gasteiger partial charge < -0.3 is 14.4 Å². The Bertz CT molecular complexity index is 910. The lowest BCUT2D eigenvalue weighted by Crippen LogP contribution is -2.22. The van der Waals surface area contributed by atoms with Crippen molar-refractivity contribution in [3.05, 3.63) is 48.0 Å². The number of carbonyl (C=O) groups excluding carboxylic acids is 1. The molecule has 146 valence electrons. The number of amides is 1. The Kier molecular flexibility index (Phi) is 6.68. The maximum absolute atomic E-state index is 12.7. The highest BCUT2D eigenvalue weighted by atomic mass is 32.2. The number of hydrogen-bond donors (Lipinski definition) is 1. The molecule has 1 amide bonds. The van der Waals surface area contributed by atoms with Crippen molar-refractivity contribution < 1.29 is 22.7 Å². The van der Waals surface area contributed by atoms with Crippen LogP contribution in [0.15, 0.2) is 47.4 Å². The van der Waals surface area contributed by atoms with Gasteiger partial charge in [-0.05, 0) is 44.2 Å². The van der Waals surface area contributed by atoms with E-state index in [2.05, 4.69) is 4.72 Å².